The van der Waals surface area contributed by atoms with Crippen LogP contribution in [0.25, 0.3) is 11.4 Å². The van der Waals surface area contributed by atoms with Gasteiger partial charge >= 0.3 is 0 Å². The molecule has 10 heteroatoms. The van der Waals surface area contributed by atoms with Crippen LogP contribution < -0.4 is 10.6 Å². The van der Waals surface area contributed by atoms with Crippen molar-refractivity contribution < 1.29 is 14.3 Å². The minimum absolute atomic E-state index is 0.157. The van der Waals surface area contributed by atoms with Gasteiger partial charge < -0.3 is 20.3 Å². The van der Waals surface area contributed by atoms with E-state index in [-0.39, 0.29) is 28.8 Å². The minimum atomic E-state index is -0.402. The third-order valence-electron chi connectivity index (χ3n) is 4.66. The summed E-state index contributed by atoms with van der Waals surface area (Å²) in [6.07, 6.45) is 2.00. The monoisotopic (exact) mass is 430 g/mol. The standard InChI is InChI=1S/C20H23ClN6O3/c1-4-19(28)27-9-13(8-22-2)30-17(10-27)12-5-15(26-18(21)6-12)14-7-16(20(29)23-3)25-11-24-14/h4-7,11,13,17,22H,1,8-10H2,2-3H3,(H,23,29)/t13-,17-/m0/s1. The number of rotatable bonds is 6. The molecular weight excluding hydrogens is 408 g/mol. The number of carbonyl (C=O) groups is 2. The fourth-order valence-corrected chi connectivity index (χ4v) is 3.47. The van der Waals surface area contributed by atoms with Gasteiger partial charge in [0.15, 0.2) is 0 Å². The summed E-state index contributed by atoms with van der Waals surface area (Å²) in [5.41, 5.74) is 1.91. The van der Waals surface area contributed by atoms with Crippen LogP contribution in [0.3, 0.4) is 0 Å². The quantitative estimate of drug-likeness (QED) is 0.524. The first-order valence-electron chi connectivity index (χ1n) is 9.38. The molecule has 0 aromatic carbocycles. The van der Waals surface area contributed by atoms with Crippen LogP contribution in [0.4, 0.5) is 0 Å². The summed E-state index contributed by atoms with van der Waals surface area (Å²) in [5.74, 6) is -0.485. The lowest BCUT2D eigenvalue weighted by Gasteiger charge is -2.38. The van der Waals surface area contributed by atoms with Gasteiger partial charge in [-0.25, -0.2) is 15.0 Å². The number of likely N-dealkylation sites (N-methyl/N-ethyl adjacent to an activating group) is 1. The molecule has 158 valence electrons. The number of morpholine rings is 1. The molecule has 0 saturated carbocycles. The Morgan fingerprint density at radius 3 is 2.77 bits per heavy atom. The van der Waals surface area contributed by atoms with Crippen molar-refractivity contribution in [2.45, 2.75) is 12.2 Å². The van der Waals surface area contributed by atoms with Crippen molar-refractivity contribution in [3.05, 3.63) is 53.6 Å². The van der Waals surface area contributed by atoms with Crippen LogP contribution in [0.1, 0.15) is 22.2 Å². The molecule has 2 amide bonds. The van der Waals surface area contributed by atoms with Crippen LogP contribution in [-0.4, -0.2) is 71.5 Å². The summed E-state index contributed by atoms with van der Waals surface area (Å²) in [5, 5.41) is 5.85. The Bertz CT molecular complexity index is 954. The molecule has 30 heavy (non-hydrogen) atoms. The highest BCUT2D eigenvalue weighted by Gasteiger charge is 2.31. The Labute approximate surface area is 179 Å². The van der Waals surface area contributed by atoms with Gasteiger partial charge in [-0.15, -0.1) is 0 Å². The van der Waals surface area contributed by atoms with Gasteiger partial charge in [0.25, 0.3) is 5.91 Å². The summed E-state index contributed by atoms with van der Waals surface area (Å²) in [7, 11) is 3.35. The molecule has 3 heterocycles. The first-order chi connectivity index (χ1) is 14.4. The van der Waals surface area contributed by atoms with Crippen LogP contribution >= 0.6 is 11.6 Å². The molecule has 1 aliphatic rings. The molecule has 2 atom stereocenters. The highest BCUT2D eigenvalue weighted by molar-refractivity contribution is 6.29. The zero-order valence-electron chi connectivity index (χ0n) is 16.8. The van der Waals surface area contributed by atoms with E-state index in [2.05, 4.69) is 32.2 Å². The van der Waals surface area contributed by atoms with Crippen molar-refractivity contribution >= 4 is 23.4 Å². The second-order valence-corrected chi connectivity index (χ2v) is 7.12. The van der Waals surface area contributed by atoms with E-state index < -0.39 is 6.10 Å². The number of hydrogen-bond acceptors (Lipinski definition) is 7. The van der Waals surface area contributed by atoms with Gasteiger partial charge in [0.1, 0.15) is 23.3 Å². The predicted octanol–water partition coefficient (Wildman–Crippen LogP) is 1.23. The van der Waals surface area contributed by atoms with Crippen LogP contribution in [0, 0.1) is 0 Å². The van der Waals surface area contributed by atoms with Crippen molar-refractivity contribution in [1.29, 1.82) is 0 Å². The molecular formula is C20H23ClN6O3. The van der Waals surface area contributed by atoms with Gasteiger partial charge in [0, 0.05) is 20.1 Å². The third-order valence-corrected chi connectivity index (χ3v) is 4.86. The Kier molecular flexibility index (Phi) is 7.09. The number of pyridine rings is 1. The van der Waals surface area contributed by atoms with Gasteiger partial charge in [-0.2, -0.15) is 0 Å². The lowest BCUT2D eigenvalue weighted by atomic mass is 10.0. The normalized spacial score (nSPS) is 18.7. The zero-order valence-corrected chi connectivity index (χ0v) is 17.5. The smallest absolute Gasteiger partial charge is 0.269 e. The van der Waals surface area contributed by atoms with Crippen LogP contribution in [-0.2, 0) is 9.53 Å². The minimum Gasteiger partial charge on any atom is -0.365 e. The summed E-state index contributed by atoms with van der Waals surface area (Å²) < 4.78 is 6.19. The lowest BCUT2D eigenvalue weighted by molar-refractivity contribution is -0.140. The number of amides is 2. The van der Waals surface area contributed by atoms with Crippen molar-refractivity contribution in [3.63, 3.8) is 0 Å². The Hall–Kier alpha value is -2.88. The second-order valence-electron chi connectivity index (χ2n) is 6.73. The molecule has 1 saturated heterocycles. The molecule has 2 aromatic rings. The lowest BCUT2D eigenvalue weighted by Crippen LogP contribution is -2.49. The maximum absolute atomic E-state index is 12.2. The van der Waals surface area contributed by atoms with E-state index in [4.69, 9.17) is 16.3 Å². The number of ether oxygens (including phenoxy) is 1. The average molecular weight is 431 g/mol. The fraction of sp³-hybridized carbons (Fsp3) is 0.350. The van der Waals surface area contributed by atoms with E-state index in [1.54, 1.807) is 23.1 Å². The zero-order chi connectivity index (χ0) is 21.7. The van der Waals surface area contributed by atoms with Gasteiger partial charge in [-0.3, -0.25) is 9.59 Å². The van der Waals surface area contributed by atoms with Crippen LogP contribution in [0.5, 0.6) is 0 Å². The van der Waals surface area contributed by atoms with E-state index in [0.717, 1.165) is 5.56 Å². The molecule has 0 aliphatic carbocycles. The predicted molar refractivity (Wildman–Crippen MR) is 112 cm³/mol. The Balaban J connectivity index is 1.95. The molecule has 1 fully saturated rings. The largest absolute Gasteiger partial charge is 0.365 e. The van der Waals surface area contributed by atoms with E-state index in [0.29, 0.717) is 31.0 Å². The summed E-state index contributed by atoms with van der Waals surface area (Å²) in [6.45, 7) is 4.99. The Morgan fingerprint density at radius 1 is 1.27 bits per heavy atom. The molecule has 0 spiro atoms. The number of aromatic nitrogens is 3. The van der Waals surface area contributed by atoms with Gasteiger partial charge in [0.2, 0.25) is 5.91 Å². The molecule has 3 rings (SSSR count). The average Bonchev–Trinajstić information content (AvgIpc) is 2.77. The van der Waals surface area contributed by atoms with E-state index in [1.807, 2.05) is 7.05 Å². The van der Waals surface area contributed by atoms with Crippen LogP contribution in [0.15, 0.2) is 37.2 Å². The van der Waals surface area contributed by atoms with E-state index >= 15 is 0 Å². The van der Waals surface area contributed by atoms with Gasteiger partial charge in [0.05, 0.1) is 24.0 Å². The summed E-state index contributed by atoms with van der Waals surface area (Å²) in [6, 6.07) is 5.04. The maximum atomic E-state index is 12.2. The second kappa shape index (κ2) is 9.75. The number of carbonyl (C=O) groups excluding carboxylic acids is 2. The maximum Gasteiger partial charge on any atom is 0.269 e. The molecule has 0 bridgehead atoms. The van der Waals surface area contributed by atoms with Crippen LogP contribution in [0.2, 0.25) is 5.15 Å². The topological polar surface area (TPSA) is 109 Å². The Morgan fingerprint density at radius 2 is 2.07 bits per heavy atom. The fourth-order valence-electron chi connectivity index (χ4n) is 3.26. The first kappa shape index (κ1) is 21.8. The number of nitrogens with one attached hydrogen (secondary N) is 2. The molecule has 1 aliphatic heterocycles. The van der Waals surface area contributed by atoms with E-state index in [1.165, 1.54) is 19.5 Å². The number of halogens is 1. The molecule has 2 N–H and O–H groups in total. The molecule has 0 unspecified atom stereocenters. The molecule has 2 aromatic heterocycles. The molecule has 9 nitrogen and oxygen atoms in total. The summed E-state index contributed by atoms with van der Waals surface area (Å²) in [4.78, 5) is 38.3. The molecule has 0 radical (unpaired) electrons. The van der Waals surface area contributed by atoms with Crippen molar-refractivity contribution in [2.24, 2.45) is 0 Å². The number of nitrogens with zero attached hydrogens (tertiary/aromatic N) is 4. The summed E-state index contributed by atoms with van der Waals surface area (Å²) >= 11 is 6.27. The van der Waals surface area contributed by atoms with Gasteiger partial charge in [-0.1, -0.05) is 18.2 Å². The van der Waals surface area contributed by atoms with Gasteiger partial charge in [-0.05, 0) is 36.9 Å². The van der Waals surface area contributed by atoms with E-state index in [9.17, 15) is 9.59 Å². The number of hydrogen-bond donors (Lipinski definition) is 2. The highest BCUT2D eigenvalue weighted by atomic mass is 35.5. The highest BCUT2D eigenvalue weighted by Crippen LogP contribution is 2.29. The van der Waals surface area contributed by atoms with Crippen molar-refractivity contribution in [2.75, 3.05) is 33.7 Å². The van der Waals surface area contributed by atoms with Crippen molar-refractivity contribution in [3.8, 4) is 11.4 Å². The third kappa shape index (κ3) is 4.99. The van der Waals surface area contributed by atoms with Crippen molar-refractivity contribution in [1.82, 2.24) is 30.5 Å². The SMILES string of the molecule is C=CC(=O)N1C[C@H](CNC)O[C@H](c2cc(Cl)nc(-c3cc(C(=O)NC)ncn3)c2)C1. The first-order valence-corrected chi connectivity index (χ1v) is 9.76.